The minimum absolute atomic E-state index is 0. The molecule has 0 radical (unpaired) electrons. The van der Waals surface area contributed by atoms with Crippen molar-refractivity contribution >= 4 is 12.4 Å². The first kappa shape index (κ1) is 14.0. The van der Waals surface area contributed by atoms with Crippen LogP contribution in [0, 0.1) is 6.92 Å². The maximum absolute atomic E-state index is 11.3. The highest BCUT2D eigenvalue weighted by Crippen LogP contribution is 2.14. The Bertz CT molecular complexity index is 387. The molecule has 0 unspecified atom stereocenters. The molecule has 0 fully saturated rings. The molecule has 1 N–H and O–H groups in total. The molecule has 0 saturated carbocycles. The predicted octanol–water partition coefficient (Wildman–Crippen LogP) is 1.45. The second-order valence-corrected chi connectivity index (χ2v) is 3.12. The first-order valence-corrected chi connectivity index (χ1v) is 4.53. The monoisotopic (exact) mass is 233 g/mol. The van der Waals surface area contributed by atoms with E-state index in [9.17, 15) is 9.90 Å². The summed E-state index contributed by atoms with van der Waals surface area (Å²) in [7, 11) is 1.53. The highest BCUT2D eigenvalue weighted by molar-refractivity contribution is 5.85. The molecule has 0 spiro atoms. The normalized spacial score (nSPS) is 9.80. The molecular formula is C10H16ClNO3. The number of halogens is 1. The average Bonchev–Trinajstić information content (AvgIpc) is 2.14. The fourth-order valence-corrected chi connectivity index (χ4v) is 1.54. The molecule has 5 heteroatoms. The molecule has 86 valence electrons. The number of nitrogens with zero attached hydrogens (tertiary/aromatic N) is 1. The van der Waals surface area contributed by atoms with Gasteiger partial charge < -0.3 is 14.4 Å². The minimum atomic E-state index is -0.348. The zero-order valence-corrected chi connectivity index (χ0v) is 9.93. The number of aromatic nitrogens is 1. The summed E-state index contributed by atoms with van der Waals surface area (Å²) in [5.41, 5.74) is 1.03. The largest absolute Gasteiger partial charge is 0.503 e. The van der Waals surface area contributed by atoms with Gasteiger partial charge in [0.15, 0.2) is 5.75 Å². The Kier molecular flexibility index (Phi) is 5.39. The highest BCUT2D eigenvalue weighted by Gasteiger charge is 2.11. The Morgan fingerprint density at radius 3 is 2.60 bits per heavy atom. The number of pyridine rings is 1. The van der Waals surface area contributed by atoms with Crippen LogP contribution in [0.4, 0.5) is 0 Å². The van der Waals surface area contributed by atoms with E-state index in [-0.39, 0.29) is 30.2 Å². The van der Waals surface area contributed by atoms with Crippen molar-refractivity contribution in [1.29, 1.82) is 0 Å². The Morgan fingerprint density at radius 2 is 2.13 bits per heavy atom. The van der Waals surface area contributed by atoms with E-state index in [1.807, 2.05) is 18.4 Å². The van der Waals surface area contributed by atoms with E-state index in [0.717, 1.165) is 5.69 Å². The molecule has 15 heavy (non-hydrogen) atoms. The lowest BCUT2D eigenvalue weighted by atomic mass is 10.2. The Balaban J connectivity index is 0.00000196. The number of methoxy groups -OCH3 is 1. The van der Waals surface area contributed by atoms with Gasteiger partial charge in [0, 0.05) is 25.4 Å². The Hall–Kier alpha value is -1.00. The van der Waals surface area contributed by atoms with Gasteiger partial charge in [0.05, 0.1) is 12.3 Å². The molecule has 0 aromatic carbocycles. The van der Waals surface area contributed by atoms with Gasteiger partial charge in [0.2, 0.25) is 5.43 Å². The molecule has 4 nitrogen and oxygen atoms in total. The van der Waals surface area contributed by atoms with Gasteiger partial charge >= 0.3 is 0 Å². The van der Waals surface area contributed by atoms with Crippen LogP contribution in [0.15, 0.2) is 10.9 Å². The fourth-order valence-electron chi connectivity index (χ4n) is 1.54. The van der Waals surface area contributed by atoms with Gasteiger partial charge in [-0.1, -0.05) is 0 Å². The lowest BCUT2D eigenvalue weighted by Crippen LogP contribution is -2.15. The lowest BCUT2D eigenvalue weighted by molar-refractivity contribution is 0.173. The van der Waals surface area contributed by atoms with Crippen LogP contribution in [0.2, 0.25) is 0 Å². The average molecular weight is 234 g/mol. The standard InChI is InChI=1S/C10H15NO3.ClH/c1-4-11-7(2)5-9(12)10(13)8(11)6-14-3;/h5,13H,4,6H2,1-3H3;1H. The summed E-state index contributed by atoms with van der Waals surface area (Å²) in [5.74, 6) is -0.209. The molecular weight excluding hydrogens is 218 g/mol. The van der Waals surface area contributed by atoms with Crippen molar-refractivity contribution in [3.8, 4) is 5.75 Å². The topological polar surface area (TPSA) is 51.5 Å². The van der Waals surface area contributed by atoms with Crippen molar-refractivity contribution in [3.05, 3.63) is 27.7 Å². The zero-order valence-electron chi connectivity index (χ0n) is 9.11. The third kappa shape index (κ3) is 2.73. The van der Waals surface area contributed by atoms with Gasteiger partial charge in [-0.25, -0.2) is 0 Å². The van der Waals surface area contributed by atoms with Crippen molar-refractivity contribution in [2.75, 3.05) is 7.11 Å². The first-order valence-electron chi connectivity index (χ1n) is 4.53. The molecule has 0 aliphatic carbocycles. The summed E-state index contributed by atoms with van der Waals surface area (Å²) in [4.78, 5) is 11.3. The molecule has 1 aromatic heterocycles. The Morgan fingerprint density at radius 1 is 1.53 bits per heavy atom. The summed E-state index contributed by atoms with van der Waals surface area (Å²) in [6.45, 7) is 4.74. The number of aromatic hydroxyl groups is 1. The van der Waals surface area contributed by atoms with E-state index in [1.54, 1.807) is 0 Å². The Labute approximate surface area is 94.9 Å². The smallest absolute Gasteiger partial charge is 0.223 e. The number of aryl methyl sites for hydroxylation is 1. The third-order valence-corrected chi connectivity index (χ3v) is 2.20. The molecule has 0 aliphatic rings. The first-order chi connectivity index (χ1) is 6.61. The minimum Gasteiger partial charge on any atom is -0.503 e. The second kappa shape index (κ2) is 5.78. The van der Waals surface area contributed by atoms with Crippen molar-refractivity contribution in [2.24, 2.45) is 0 Å². The highest BCUT2D eigenvalue weighted by atomic mass is 35.5. The predicted molar refractivity (Wildman–Crippen MR) is 60.7 cm³/mol. The number of ether oxygens (including phenoxy) is 1. The number of hydrogen-bond acceptors (Lipinski definition) is 3. The van der Waals surface area contributed by atoms with Crippen LogP contribution in [0.3, 0.4) is 0 Å². The summed E-state index contributed by atoms with van der Waals surface area (Å²) >= 11 is 0. The maximum atomic E-state index is 11.3. The quantitative estimate of drug-likeness (QED) is 0.860. The van der Waals surface area contributed by atoms with Crippen LogP contribution in [0.5, 0.6) is 5.75 Å². The summed E-state index contributed by atoms with van der Waals surface area (Å²) in [6.07, 6.45) is 0. The van der Waals surface area contributed by atoms with Gasteiger partial charge in [-0.2, -0.15) is 0 Å². The molecule has 0 atom stereocenters. The third-order valence-electron chi connectivity index (χ3n) is 2.20. The van der Waals surface area contributed by atoms with E-state index in [0.29, 0.717) is 12.2 Å². The number of hydrogen-bond donors (Lipinski definition) is 1. The van der Waals surface area contributed by atoms with Crippen LogP contribution in [0.25, 0.3) is 0 Å². The SMILES string of the molecule is CCn1c(C)cc(=O)c(O)c1COC.Cl. The van der Waals surface area contributed by atoms with Gasteiger partial charge in [-0.15, -0.1) is 12.4 Å². The van der Waals surface area contributed by atoms with Crippen molar-refractivity contribution in [2.45, 2.75) is 27.0 Å². The zero-order chi connectivity index (χ0) is 10.7. The summed E-state index contributed by atoms with van der Waals surface area (Å²) in [5, 5.41) is 9.55. The lowest BCUT2D eigenvalue weighted by Gasteiger charge is -2.15. The van der Waals surface area contributed by atoms with Crippen molar-refractivity contribution < 1.29 is 9.84 Å². The molecule has 1 heterocycles. The molecule has 0 saturated heterocycles. The molecule has 0 aliphatic heterocycles. The van der Waals surface area contributed by atoms with E-state index in [2.05, 4.69) is 0 Å². The van der Waals surface area contributed by atoms with E-state index in [1.165, 1.54) is 13.2 Å². The van der Waals surface area contributed by atoms with Gasteiger partial charge in [0.25, 0.3) is 0 Å². The van der Waals surface area contributed by atoms with E-state index in [4.69, 9.17) is 4.74 Å². The second-order valence-electron chi connectivity index (χ2n) is 3.12. The molecule has 0 bridgehead atoms. The van der Waals surface area contributed by atoms with Crippen LogP contribution >= 0.6 is 12.4 Å². The van der Waals surface area contributed by atoms with Crippen LogP contribution in [-0.4, -0.2) is 16.8 Å². The molecule has 1 aromatic rings. The van der Waals surface area contributed by atoms with Gasteiger partial charge in [0.1, 0.15) is 0 Å². The van der Waals surface area contributed by atoms with Gasteiger partial charge in [-0.05, 0) is 13.8 Å². The van der Waals surface area contributed by atoms with Gasteiger partial charge in [-0.3, -0.25) is 4.79 Å². The fraction of sp³-hybridized carbons (Fsp3) is 0.500. The van der Waals surface area contributed by atoms with Crippen LogP contribution < -0.4 is 5.43 Å². The maximum Gasteiger partial charge on any atom is 0.223 e. The van der Waals surface area contributed by atoms with Crippen molar-refractivity contribution in [3.63, 3.8) is 0 Å². The van der Waals surface area contributed by atoms with Crippen LogP contribution in [-0.2, 0) is 17.9 Å². The molecule has 0 amide bonds. The number of rotatable bonds is 3. The van der Waals surface area contributed by atoms with E-state index < -0.39 is 0 Å². The van der Waals surface area contributed by atoms with Crippen molar-refractivity contribution in [1.82, 2.24) is 4.57 Å². The van der Waals surface area contributed by atoms with E-state index >= 15 is 0 Å². The molecule has 1 rings (SSSR count). The summed E-state index contributed by atoms with van der Waals surface area (Å²) < 4.78 is 6.80. The van der Waals surface area contributed by atoms with Crippen LogP contribution in [0.1, 0.15) is 18.3 Å². The summed E-state index contributed by atoms with van der Waals surface area (Å²) in [6, 6.07) is 1.43.